The SMILES string of the molecule is CCOn1c(N)nc2ncc(N)n21. The van der Waals surface area contributed by atoms with Crippen LogP contribution in [0.5, 0.6) is 0 Å². The van der Waals surface area contributed by atoms with Gasteiger partial charge in [0.25, 0.3) is 11.7 Å². The molecule has 70 valence electrons. The predicted octanol–water partition coefficient (Wildman–Crippen LogP) is -0.856. The van der Waals surface area contributed by atoms with E-state index in [0.717, 1.165) is 0 Å². The molecule has 13 heavy (non-hydrogen) atoms. The summed E-state index contributed by atoms with van der Waals surface area (Å²) in [6.07, 6.45) is 1.50. The van der Waals surface area contributed by atoms with Gasteiger partial charge in [0.15, 0.2) is 0 Å². The standard InChI is InChI=1S/C6H10N6O/c1-2-13-12-5(8)10-6-9-3-4(7)11(6)12/h3H,2,7H2,1H3,(H2,8,9,10). The molecule has 0 aliphatic carbocycles. The van der Waals surface area contributed by atoms with Crippen LogP contribution in [0.2, 0.25) is 0 Å². The zero-order valence-electron chi connectivity index (χ0n) is 7.14. The average molecular weight is 182 g/mol. The summed E-state index contributed by atoms with van der Waals surface area (Å²) in [7, 11) is 0. The van der Waals surface area contributed by atoms with Crippen molar-refractivity contribution in [3.8, 4) is 0 Å². The van der Waals surface area contributed by atoms with Crippen molar-refractivity contribution in [2.75, 3.05) is 18.1 Å². The van der Waals surface area contributed by atoms with Gasteiger partial charge in [0, 0.05) is 0 Å². The molecule has 0 saturated heterocycles. The van der Waals surface area contributed by atoms with Crippen molar-refractivity contribution in [2.45, 2.75) is 6.92 Å². The molecule has 0 aliphatic heterocycles. The molecule has 2 aromatic rings. The highest BCUT2D eigenvalue weighted by atomic mass is 16.7. The van der Waals surface area contributed by atoms with Crippen molar-refractivity contribution in [1.82, 2.24) is 19.3 Å². The molecule has 0 radical (unpaired) electrons. The molecule has 7 heteroatoms. The van der Waals surface area contributed by atoms with Gasteiger partial charge in [0.05, 0.1) is 6.20 Å². The summed E-state index contributed by atoms with van der Waals surface area (Å²) in [5.41, 5.74) is 11.2. The number of aromatic nitrogens is 4. The van der Waals surface area contributed by atoms with E-state index in [1.54, 1.807) is 0 Å². The molecule has 0 saturated carbocycles. The van der Waals surface area contributed by atoms with Crippen molar-refractivity contribution in [3.05, 3.63) is 6.20 Å². The van der Waals surface area contributed by atoms with Crippen LogP contribution >= 0.6 is 0 Å². The third kappa shape index (κ3) is 0.968. The number of imidazole rings is 1. The zero-order chi connectivity index (χ0) is 9.42. The summed E-state index contributed by atoms with van der Waals surface area (Å²) < 4.78 is 1.50. The average Bonchev–Trinajstić information content (AvgIpc) is 2.57. The van der Waals surface area contributed by atoms with Crippen LogP contribution in [0.25, 0.3) is 5.78 Å². The van der Waals surface area contributed by atoms with Crippen LogP contribution in [0.15, 0.2) is 6.20 Å². The summed E-state index contributed by atoms with van der Waals surface area (Å²) in [6, 6.07) is 0. The maximum absolute atomic E-state index is 5.62. The van der Waals surface area contributed by atoms with Crippen LogP contribution in [-0.2, 0) is 0 Å². The number of hydrogen-bond acceptors (Lipinski definition) is 5. The van der Waals surface area contributed by atoms with Crippen LogP contribution in [0.3, 0.4) is 0 Å². The van der Waals surface area contributed by atoms with Crippen molar-refractivity contribution in [3.63, 3.8) is 0 Å². The van der Waals surface area contributed by atoms with Crippen molar-refractivity contribution in [1.29, 1.82) is 0 Å². The Balaban J connectivity index is 2.67. The first kappa shape index (κ1) is 7.71. The minimum absolute atomic E-state index is 0.233. The highest BCUT2D eigenvalue weighted by molar-refractivity contribution is 5.44. The number of anilines is 2. The monoisotopic (exact) mass is 182 g/mol. The van der Waals surface area contributed by atoms with Crippen molar-refractivity contribution < 1.29 is 4.84 Å². The minimum Gasteiger partial charge on any atom is -0.395 e. The summed E-state index contributed by atoms with van der Waals surface area (Å²) in [4.78, 5) is 14.4. The Bertz CT molecular complexity index is 429. The Morgan fingerprint density at radius 1 is 1.54 bits per heavy atom. The quantitative estimate of drug-likeness (QED) is 0.630. The van der Waals surface area contributed by atoms with E-state index < -0.39 is 0 Å². The normalized spacial score (nSPS) is 10.8. The minimum atomic E-state index is 0.233. The van der Waals surface area contributed by atoms with Crippen LogP contribution in [0, 0.1) is 0 Å². The van der Waals surface area contributed by atoms with E-state index in [4.69, 9.17) is 16.3 Å². The molecule has 0 atom stereocenters. The first-order valence-electron chi connectivity index (χ1n) is 3.84. The van der Waals surface area contributed by atoms with Crippen LogP contribution in [0.4, 0.5) is 11.8 Å². The van der Waals surface area contributed by atoms with Crippen LogP contribution < -0.4 is 16.3 Å². The van der Waals surface area contributed by atoms with Gasteiger partial charge in [0.1, 0.15) is 12.4 Å². The van der Waals surface area contributed by atoms with E-state index in [2.05, 4.69) is 9.97 Å². The Morgan fingerprint density at radius 2 is 2.31 bits per heavy atom. The summed E-state index contributed by atoms with van der Waals surface area (Å²) in [6.45, 7) is 2.33. The second-order valence-electron chi connectivity index (χ2n) is 2.46. The summed E-state index contributed by atoms with van der Waals surface area (Å²) in [5.74, 6) is 1.10. The highest BCUT2D eigenvalue weighted by Crippen LogP contribution is 2.09. The van der Waals surface area contributed by atoms with E-state index in [-0.39, 0.29) is 5.95 Å². The van der Waals surface area contributed by atoms with Crippen LogP contribution in [-0.4, -0.2) is 25.9 Å². The van der Waals surface area contributed by atoms with Gasteiger partial charge in [-0.05, 0) is 6.92 Å². The summed E-state index contributed by atoms with van der Waals surface area (Å²) >= 11 is 0. The molecule has 2 rings (SSSR count). The number of rotatable bonds is 2. The molecule has 0 bridgehead atoms. The maximum atomic E-state index is 5.62. The van der Waals surface area contributed by atoms with E-state index in [1.807, 2.05) is 6.92 Å². The van der Waals surface area contributed by atoms with Gasteiger partial charge in [-0.3, -0.25) is 0 Å². The fourth-order valence-corrected chi connectivity index (χ4v) is 1.10. The van der Waals surface area contributed by atoms with Crippen LogP contribution in [0.1, 0.15) is 6.92 Å². The second kappa shape index (κ2) is 2.54. The van der Waals surface area contributed by atoms with Crippen molar-refractivity contribution in [2.24, 2.45) is 0 Å². The fourth-order valence-electron chi connectivity index (χ4n) is 1.10. The number of nitrogens with zero attached hydrogens (tertiary/aromatic N) is 4. The molecule has 2 heterocycles. The molecular formula is C6H10N6O. The van der Waals surface area contributed by atoms with Gasteiger partial charge in [-0.15, -0.1) is 0 Å². The molecule has 4 N–H and O–H groups in total. The zero-order valence-corrected chi connectivity index (χ0v) is 7.14. The topological polar surface area (TPSA) is 96.4 Å². The van der Waals surface area contributed by atoms with Gasteiger partial charge >= 0.3 is 0 Å². The molecule has 0 aliphatic rings. The molecular weight excluding hydrogens is 172 g/mol. The summed E-state index contributed by atoms with van der Waals surface area (Å²) in [5, 5.41) is 0. The third-order valence-corrected chi connectivity index (χ3v) is 1.59. The molecule has 0 aromatic carbocycles. The molecule has 0 unspecified atom stereocenters. The predicted molar refractivity (Wildman–Crippen MR) is 46.9 cm³/mol. The largest absolute Gasteiger partial charge is 0.395 e. The number of nitrogens with two attached hydrogens (primary N) is 2. The van der Waals surface area contributed by atoms with E-state index in [1.165, 1.54) is 15.6 Å². The van der Waals surface area contributed by atoms with E-state index in [9.17, 15) is 0 Å². The molecule has 2 aromatic heterocycles. The van der Waals surface area contributed by atoms with Gasteiger partial charge in [0.2, 0.25) is 0 Å². The smallest absolute Gasteiger partial charge is 0.257 e. The van der Waals surface area contributed by atoms with E-state index in [0.29, 0.717) is 18.2 Å². The molecule has 0 spiro atoms. The van der Waals surface area contributed by atoms with Gasteiger partial charge < -0.3 is 16.3 Å². The Kier molecular flexibility index (Phi) is 1.51. The molecule has 7 nitrogen and oxygen atoms in total. The number of fused-ring (bicyclic) bond motifs is 1. The Labute approximate surface area is 73.9 Å². The first-order chi connectivity index (χ1) is 6.24. The van der Waals surface area contributed by atoms with Gasteiger partial charge in [-0.2, -0.15) is 9.50 Å². The Morgan fingerprint density at radius 3 is 3.00 bits per heavy atom. The lowest BCUT2D eigenvalue weighted by Crippen LogP contribution is -2.19. The first-order valence-corrected chi connectivity index (χ1v) is 3.84. The lowest BCUT2D eigenvalue weighted by Gasteiger charge is -2.05. The molecule has 0 fully saturated rings. The fraction of sp³-hybridized carbons (Fsp3) is 0.333. The number of hydrogen-bond donors (Lipinski definition) is 2. The second-order valence-corrected chi connectivity index (χ2v) is 2.46. The third-order valence-electron chi connectivity index (χ3n) is 1.59. The van der Waals surface area contributed by atoms with Crippen molar-refractivity contribution >= 4 is 17.5 Å². The van der Waals surface area contributed by atoms with Gasteiger partial charge in [-0.25, -0.2) is 4.98 Å². The van der Waals surface area contributed by atoms with Gasteiger partial charge in [-0.1, -0.05) is 4.85 Å². The maximum Gasteiger partial charge on any atom is 0.257 e. The van der Waals surface area contributed by atoms with E-state index >= 15 is 0 Å². The molecule has 0 amide bonds. The lowest BCUT2D eigenvalue weighted by atomic mass is 10.8. The number of nitrogen functional groups attached to an aromatic ring is 2. The Hall–Kier alpha value is -1.92. The highest BCUT2D eigenvalue weighted by Gasteiger charge is 2.11. The lowest BCUT2D eigenvalue weighted by molar-refractivity contribution is 0.0897.